The van der Waals surface area contributed by atoms with E-state index >= 15 is 0 Å². The zero-order valence-corrected chi connectivity index (χ0v) is 13.1. The molecule has 0 saturated carbocycles. The monoisotopic (exact) mass is 326 g/mol. The molecule has 8 nitrogen and oxygen atoms in total. The molecule has 2 aromatic heterocycles. The molecule has 8 heteroatoms. The van der Waals surface area contributed by atoms with Crippen LogP contribution in [0.3, 0.4) is 0 Å². The van der Waals surface area contributed by atoms with Crippen molar-refractivity contribution in [3.8, 4) is 5.75 Å². The lowest BCUT2D eigenvalue weighted by Crippen LogP contribution is -2.26. The molecule has 0 bridgehead atoms. The van der Waals surface area contributed by atoms with E-state index < -0.39 is 6.23 Å². The fraction of sp³-hybridized carbons (Fsp3) is 0.375. The standard InChI is InChI=1S/C16H18N6O2/c1-2-4-13(5-3-1)24-16(22-11-18-20-21-22)14-10-23-15(19-14)12-6-8-17-9-7-12/h1-5,10-12,16-17H,6-9H2. The Balaban J connectivity index is 1.60. The molecule has 0 spiro atoms. The summed E-state index contributed by atoms with van der Waals surface area (Å²) >= 11 is 0. The zero-order chi connectivity index (χ0) is 16.2. The van der Waals surface area contributed by atoms with Crippen molar-refractivity contribution in [2.45, 2.75) is 25.0 Å². The van der Waals surface area contributed by atoms with Gasteiger partial charge < -0.3 is 14.5 Å². The lowest BCUT2D eigenvalue weighted by Gasteiger charge is -2.19. The Bertz CT molecular complexity index is 752. The third-order valence-electron chi connectivity index (χ3n) is 4.08. The van der Waals surface area contributed by atoms with Crippen LogP contribution < -0.4 is 10.1 Å². The van der Waals surface area contributed by atoms with Crippen molar-refractivity contribution in [2.75, 3.05) is 13.1 Å². The number of aromatic nitrogens is 5. The lowest BCUT2D eigenvalue weighted by molar-refractivity contribution is 0.152. The predicted octanol–water partition coefficient (Wildman–Crippen LogP) is 1.75. The summed E-state index contributed by atoms with van der Waals surface area (Å²) in [5.41, 5.74) is 0.652. The maximum Gasteiger partial charge on any atom is 0.240 e. The Morgan fingerprint density at radius 1 is 1.21 bits per heavy atom. The molecule has 1 fully saturated rings. The molecule has 124 valence electrons. The number of oxazole rings is 1. The van der Waals surface area contributed by atoms with E-state index in [0.29, 0.717) is 17.4 Å². The van der Waals surface area contributed by atoms with Gasteiger partial charge in [-0.05, 0) is 48.5 Å². The molecular weight excluding hydrogens is 308 g/mol. The first kappa shape index (κ1) is 14.8. The smallest absolute Gasteiger partial charge is 0.240 e. The number of piperidine rings is 1. The van der Waals surface area contributed by atoms with Crippen LogP contribution in [0.1, 0.15) is 36.6 Å². The topological polar surface area (TPSA) is 90.9 Å². The maximum atomic E-state index is 6.03. The minimum absolute atomic E-state index is 0.339. The molecule has 1 aromatic carbocycles. The second-order valence-corrected chi connectivity index (χ2v) is 5.71. The summed E-state index contributed by atoms with van der Waals surface area (Å²) in [5.74, 6) is 1.80. The molecule has 1 saturated heterocycles. The van der Waals surface area contributed by atoms with Crippen LogP contribution in [0.25, 0.3) is 0 Å². The molecule has 0 amide bonds. The lowest BCUT2D eigenvalue weighted by atomic mass is 9.98. The normalized spacial score (nSPS) is 16.8. The van der Waals surface area contributed by atoms with E-state index in [4.69, 9.17) is 9.15 Å². The Labute approximate surface area is 138 Å². The van der Waals surface area contributed by atoms with E-state index in [2.05, 4.69) is 25.8 Å². The van der Waals surface area contributed by atoms with Crippen molar-refractivity contribution in [1.82, 2.24) is 30.5 Å². The molecule has 1 aliphatic heterocycles. The molecule has 1 atom stereocenters. The van der Waals surface area contributed by atoms with Crippen molar-refractivity contribution >= 4 is 0 Å². The van der Waals surface area contributed by atoms with Crippen LogP contribution in [-0.2, 0) is 0 Å². The van der Waals surface area contributed by atoms with Crippen LogP contribution in [0, 0.1) is 0 Å². The second kappa shape index (κ2) is 6.79. The van der Waals surface area contributed by atoms with E-state index in [1.54, 1.807) is 6.26 Å². The summed E-state index contributed by atoms with van der Waals surface area (Å²) in [6.45, 7) is 1.97. The van der Waals surface area contributed by atoms with Gasteiger partial charge in [0.25, 0.3) is 0 Å². The number of nitrogens with zero attached hydrogens (tertiary/aromatic N) is 5. The fourth-order valence-electron chi connectivity index (χ4n) is 2.82. The van der Waals surface area contributed by atoms with Gasteiger partial charge in [0.2, 0.25) is 6.23 Å². The van der Waals surface area contributed by atoms with Crippen molar-refractivity contribution in [1.29, 1.82) is 0 Å². The molecule has 24 heavy (non-hydrogen) atoms. The Kier molecular flexibility index (Phi) is 4.20. The molecule has 1 unspecified atom stereocenters. The number of tetrazole rings is 1. The van der Waals surface area contributed by atoms with Gasteiger partial charge in [0.1, 0.15) is 24.0 Å². The van der Waals surface area contributed by atoms with Crippen molar-refractivity contribution < 1.29 is 9.15 Å². The molecule has 1 aliphatic rings. The number of nitrogens with one attached hydrogen (secondary N) is 1. The number of hydrogen-bond donors (Lipinski definition) is 1. The number of ether oxygens (including phenoxy) is 1. The first-order chi connectivity index (χ1) is 11.9. The van der Waals surface area contributed by atoms with Gasteiger partial charge >= 0.3 is 0 Å². The highest BCUT2D eigenvalue weighted by Crippen LogP contribution is 2.28. The molecule has 4 rings (SSSR count). The van der Waals surface area contributed by atoms with E-state index in [1.165, 1.54) is 11.0 Å². The first-order valence-electron chi connectivity index (χ1n) is 8.00. The van der Waals surface area contributed by atoms with E-state index in [-0.39, 0.29) is 0 Å². The van der Waals surface area contributed by atoms with Gasteiger partial charge in [0.15, 0.2) is 5.89 Å². The second-order valence-electron chi connectivity index (χ2n) is 5.71. The van der Waals surface area contributed by atoms with Crippen LogP contribution in [0.4, 0.5) is 0 Å². The highest BCUT2D eigenvalue weighted by molar-refractivity contribution is 5.22. The summed E-state index contributed by atoms with van der Waals surface area (Å²) in [7, 11) is 0. The SMILES string of the molecule is c1ccc(OC(c2coc(C3CCNCC3)n2)n2cnnn2)cc1. The molecule has 0 radical (unpaired) electrons. The first-order valence-corrected chi connectivity index (χ1v) is 8.00. The van der Waals surface area contributed by atoms with E-state index in [9.17, 15) is 0 Å². The van der Waals surface area contributed by atoms with Gasteiger partial charge in [-0.1, -0.05) is 18.2 Å². The average molecular weight is 326 g/mol. The highest BCUT2D eigenvalue weighted by atomic mass is 16.5. The summed E-state index contributed by atoms with van der Waals surface area (Å²) in [6.07, 6.45) is 4.62. The number of benzene rings is 1. The predicted molar refractivity (Wildman–Crippen MR) is 84.4 cm³/mol. The third kappa shape index (κ3) is 3.13. The average Bonchev–Trinajstić information content (AvgIpc) is 3.34. The van der Waals surface area contributed by atoms with Crippen LogP contribution >= 0.6 is 0 Å². The quantitative estimate of drug-likeness (QED) is 0.764. The number of rotatable bonds is 5. The summed E-state index contributed by atoms with van der Waals surface area (Å²) < 4.78 is 13.3. The Hall–Kier alpha value is -2.74. The van der Waals surface area contributed by atoms with E-state index in [0.717, 1.165) is 31.8 Å². The summed E-state index contributed by atoms with van der Waals surface area (Å²) in [6, 6.07) is 9.52. The van der Waals surface area contributed by atoms with Gasteiger partial charge in [-0.15, -0.1) is 5.10 Å². The minimum Gasteiger partial charge on any atom is -0.463 e. The number of para-hydroxylation sites is 1. The van der Waals surface area contributed by atoms with Crippen LogP contribution in [-0.4, -0.2) is 38.3 Å². The van der Waals surface area contributed by atoms with Crippen molar-refractivity contribution in [3.05, 3.63) is 54.5 Å². The third-order valence-corrected chi connectivity index (χ3v) is 4.08. The van der Waals surface area contributed by atoms with E-state index in [1.807, 2.05) is 30.3 Å². The molecule has 3 aromatic rings. The molecule has 1 N–H and O–H groups in total. The summed E-state index contributed by atoms with van der Waals surface area (Å²) in [4.78, 5) is 4.65. The largest absolute Gasteiger partial charge is 0.463 e. The van der Waals surface area contributed by atoms with Gasteiger partial charge in [-0.2, -0.15) is 4.68 Å². The summed E-state index contributed by atoms with van der Waals surface area (Å²) in [5, 5.41) is 14.7. The Morgan fingerprint density at radius 3 is 2.79 bits per heavy atom. The number of hydrogen-bond acceptors (Lipinski definition) is 7. The molecule has 3 heterocycles. The molecule has 0 aliphatic carbocycles. The van der Waals surface area contributed by atoms with Crippen molar-refractivity contribution in [3.63, 3.8) is 0 Å². The van der Waals surface area contributed by atoms with Gasteiger partial charge in [-0.3, -0.25) is 0 Å². The van der Waals surface area contributed by atoms with Crippen LogP contribution in [0.5, 0.6) is 5.75 Å². The molecular formula is C16H18N6O2. The van der Waals surface area contributed by atoms with Gasteiger partial charge in [-0.25, -0.2) is 4.98 Å². The van der Waals surface area contributed by atoms with Crippen LogP contribution in [0.2, 0.25) is 0 Å². The highest BCUT2D eigenvalue weighted by Gasteiger charge is 2.25. The van der Waals surface area contributed by atoms with Gasteiger partial charge in [0.05, 0.1) is 0 Å². The Morgan fingerprint density at radius 2 is 2.04 bits per heavy atom. The maximum absolute atomic E-state index is 6.03. The van der Waals surface area contributed by atoms with Crippen LogP contribution in [0.15, 0.2) is 47.3 Å². The zero-order valence-electron chi connectivity index (χ0n) is 13.1. The minimum atomic E-state index is -0.568. The van der Waals surface area contributed by atoms with Gasteiger partial charge in [0, 0.05) is 5.92 Å². The van der Waals surface area contributed by atoms with Crippen molar-refractivity contribution in [2.24, 2.45) is 0 Å². The fourth-order valence-corrected chi connectivity index (χ4v) is 2.82.